The van der Waals surface area contributed by atoms with Crippen molar-refractivity contribution in [2.75, 3.05) is 4.43 Å². The Morgan fingerprint density at radius 3 is 2.35 bits per heavy atom. The number of hydrogen-bond acceptors (Lipinski definition) is 6. The van der Waals surface area contributed by atoms with Crippen molar-refractivity contribution in [3.63, 3.8) is 0 Å². The van der Waals surface area contributed by atoms with E-state index in [0.717, 1.165) is 24.3 Å². The highest BCUT2D eigenvalue weighted by Crippen LogP contribution is 2.16. The van der Waals surface area contributed by atoms with Gasteiger partial charge in [-0.1, -0.05) is 22.6 Å². The van der Waals surface area contributed by atoms with Crippen molar-refractivity contribution in [2.45, 2.75) is 37.3 Å². The van der Waals surface area contributed by atoms with Gasteiger partial charge in [0.05, 0.1) is 15.9 Å². The first-order valence-corrected chi connectivity index (χ1v) is 9.71. The molecule has 0 radical (unpaired) electrons. The number of nitro benzene ring substituents is 1. The molecule has 1 aromatic rings. The average Bonchev–Trinajstić information content (AvgIpc) is 2.46. The molecular weight excluding hydrogens is 439 g/mol. The molecular formula is C13H17IN2O6S. The minimum absolute atomic E-state index is 0.154. The Labute approximate surface area is 147 Å². The topological polar surface area (TPSA) is 116 Å². The van der Waals surface area contributed by atoms with Gasteiger partial charge in [-0.05, 0) is 32.4 Å². The molecule has 0 bridgehead atoms. The fraction of sp³-hybridized carbons (Fsp3) is 0.462. The molecule has 0 saturated heterocycles. The largest absolute Gasteiger partial charge is 0.462 e. The number of halogens is 1. The fourth-order valence-electron chi connectivity index (χ4n) is 1.65. The molecule has 23 heavy (non-hydrogen) atoms. The van der Waals surface area contributed by atoms with Crippen molar-refractivity contribution in [3.05, 3.63) is 34.4 Å². The van der Waals surface area contributed by atoms with Gasteiger partial charge in [0.2, 0.25) is 10.0 Å². The summed E-state index contributed by atoms with van der Waals surface area (Å²) in [5, 5.41) is 10.6. The van der Waals surface area contributed by atoms with E-state index in [2.05, 4.69) is 4.72 Å². The number of ether oxygens (including phenoxy) is 1. The maximum atomic E-state index is 12.3. The maximum absolute atomic E-state index is 12.3. The molecule has 10 heteroatoms. The molecule has 0 aliphatic rings. The molecule has 0 aliphatic heterocycles. The van der Waals surface area contributed by atoms with Crippen molar-refractivity contribution < 1.29 is 22.9 Å². The van der Waals surface area contributed by atoms with Crippen LogP contribution in [0, 0.1) is 10.1 Å². The van der Waals surface area contributed by atoms with Crippen molar-refractivity contribution in [3.8, 4) is 0 Å². The van der Waals surface area contributed by atoms with Gasteiger partial charge in [-0.15, -0.1) is 0 Å². The van der Waals surface area contributed by atoms with Gasteiger partial charge >= 0.3 is 5.97 Å². The number of sulfonamides is 1. The van der Waals surface area contributed by atoms with Crippen molar-refractivity contribution in [1.82, 2.24) is 4.72 Å². The lowest BCUT2D eigenvalue weighted by Gasteiger charge is -2.18. The number of non-ortho nitro benzene ring substituents is 1. The second-order valence-electron chi connectivity index (χ2n) is 4.89. The minimum atomic E-state index is -3.98. The molecule has 0 aromatic heterocycles. The van der Waals surface area contributed by atoms with Crippen LogP contribution < -0.4 is 4.72 Å². The Balaban J connectivity index is 2.96. The van der Waals surface area contributed by atoms with E-state index in [1.54, 1.807) is 13.8 Å². The first-order valence-electron chi connectivity index (χ1n) is 6.70. The molecule has 1 N–H and O–H groups in total. The third kappa shape index (κ3) is 6.03. The van der Waals surface area contributed by atoms with Crippen molar-refractivity contribution in [2.24, 2.45) is 0 Å². The highest BCUT2D eigenvalue weighted by molar-refractivity contribution is 14.1. The Morgan fingerprint density at radius 2 is 1.91 bits per heavy atom. The molecule has 1 aromatic carbocycles. The molecule has 128 valence electrons. The Bertz CT molecular complexity index is 660. The van der Waals surface area contributed by atoms with Gasteiger partial charge in [0.1, 0.15) is 6.04 Å². The summed E-state index contributed by atoms with van der Waals surface area (Å²) in [4.78, 5) is 21.8. The standard InChI is InChI=1S/C13H17IN2O6S/c1-9(2)22-13(17)12(7-8-14)15-23(20,21)11-5-3-10(4-6-11)16(18)19/h3-6,9,12,15H,7-8H2,1-2H3/t12-/m1/s1. The van der Waals surface area contributed by atoms with Gasteiger partial charge in [0, 0.05) is 16.6 Å². The van der Waals surface area contributed by atoms with Gasteiger partial charge in [-0.3, -0.25) is 14.9 Å². The van der Waals surface area contributed by atoms with Gasteiger partial charge < -0.3 is 4.74 Å². The third-order valence-electron chi connectivity index (χ3n) is 2.69. The lowest BCUT2D eigenvalue weighted by Crippen LogP contribution is -2.42. The lowest BCUT2D eigenvalue weighted by molar-refractivity contribution is -0.384. The summed E-state index contributed by atoms with van der Waals surface area (Å²) in [6, 6.07) is 3.42. The molecule has 1 rings (SSSR count). The number of nitro groups is 1. The van der Waals surface area contributed by atoms with Crippen LogP contribution in [0.1, 0.15) is 20.3 Å². The van der Waals surface area contributed by atoms with Crippen LogP contribution in [0.2, 0.25) is 0 Å². The normalized spacial score (nSPS) is 12.9. The van der Waals surface area contributed by atoms with E-state index in [4.69, 9.17) is 4.74 Å². The summed E-state index contributed by atoms with van der Waals surface area (Å²) in [6.07, 6.45) is -0.0821. The quantitative estimate of drug-likeness (QED) is 0.210. The number of rotatable bonds is 8. The molecule has 1 atom stereocenters. The van der Waals surface area contributed by atoms with E-state index < -0.39 is 27.0 Å². The first-order chi connectivity index (χ1) is 10.7. The lowest BCUT2D eigenvalue weighted by atomic mass is 10.2. The van der Waals surface area contributed by atoms with E-state index in [1.807, 2.05) is 22.6 Å². The van der Waals surface area contributed by atoms with Crippen LogP contribution in [0.15, 0.2) is 29.2 Å². The summed E-state index contributed by atoms with van der Waals surface area (Å²) in [5.41, 5.74) is -0.216. The van der Waals surface area contributed by atoms with E-state index in [-0.39, 0.29) is 23.1 Å². The summed E-state index contributed by atoms with van der Waals surface area (Å²) < 4.78 is 32.5. The predicted octanol–water partition coefficient (Wildman–Crippen LogP) is 2.02. The number of hydrogen-bond donors (Lipinski definition) is 1. The monoisotopic (exact) mass is 456 g/mol. The molecule has 0 amide bonds. The van der Waals surface area contributed by atoms with Crippen LogP contribution in [-0.2, 0) is 19.6 Å². The van der Waals surface area contributed by atoms with Crippen LogP contribution in [0.4, 0.5) is 5.69 Å². The number of benzene rings is 1. The Kier molecular flexibility index (Phi) is 7.35. The molecule has 0 fully saturated rings. The van der Waals surface area contributed by atoms with Crippen LogP contribution >= 0.6 is 22.6 Å². The minimum Gasteiger partial charge on any atom is -0.462 e. The summed E-state index contributed by atoms with van der Waals surface area (Å²) in [5.74, 6) is -0.651. The second-order valence-corrected chi connectivity index (χ2v) is 7.68. The van der Waals surface area contributed by atoms with Crippen LogP contribution in [0.25, 0.3) is 0 Å². The number of alkyl halides is 1. The smallest absolute Gasteiger partial charge is 0.324 e. The van der Waals surface area contributed by atoms with E-state index in [1.165, 1.54) is 0 Å². The molecule has 0 aliphatic carbocycles. The molecule has 8 nitrogen and oxygen atoms in total. The second kappa shape index (κ2) is 8.55. The van der Waals surface area contributed by atoms with E-state index in [0.29, 0.717) is 4.43 Å². The van der Waals surface area contributed by atoms with Gasteiger partial charge in [0.25, 0.3) is 5.69 Å². The highest BCUT2D eigenvalue weighted by atomic mass is 127. The van der Waals surface area contributed by atoms with Crippen LogP contribution in [0.5, 0.6) is 0 Å². The predicted molar refractivity (Wildman–Crippen MR) is 91.9 cm³/mol. The highest BCUT2D eigenvalue weighted by Gasteiger charge is 2.27. The van der Waals surface area contributed by atoms with Crippen molar-refractivity contribution in [1.29, 1.82) is 0 Å². The SMILES string of the molecule is CC(C)OC(=O)[C@@H](CCI)NS(=O)(=O)c1ccc([N+](=O)[O-])cc1. The van der Waals surface area contributed by atoms with Gasteiger partial charge in [-0.25, -0.2) is 8.42 Å². The Hall–Kier alpha value is -1.27. The molecule has 0 heterocycles. The number of carbonyl (C=O) groups is 1. The summed E-state index contributed by atoms with van der Waals surface area (Å²) >= 11 is 2.03. The van der Waals surface area contributed by atoms with E-state index in [9.17, 15) is 23.3 Å². The zero-order valence-corrected chi connectivity index (χ0v) is 15.5. The Morgan fingerprint density at radius 1 is 1.35 bits per heavy atom. The average molecular weight is 456 g/mol. The maximum Gasteiger partial charge on any atom is 0.324 e. The molecule has 0 unspecified atom stereocenters. The number of nitrogens with zero attached hydrogens (tertiary/aromatic N) is 1. The summed E-state index contributed by atoms with van der Waals surface area (Å²) in [7, 11) is -3.98. The fourth-order valence-corrected chi connectivity index (χ4v) is 3.49. The van der Waals surface area contributed by atoms with E-state index >= 15 is 0 Å². The van der Waals surface area contributed by atoms with Crippen LogP contribution in [0.3, 0.4) is 0 Å². The summed E-state index contributed by atoms with van der Waals surface area (Å²) in [6.45, 7) is 3.34. The number of nitrogens with one attached hydrogen (secondary N) is 1. The molecule has 0 saturated carbocycles. The zero-order valence-electron chi connectivity index (χ0n) is 12.6. The third-order valence-corrected chi connectivity index (χ3v) is 4.80. The van der Waals surface area contributed by atoms with Gasteiger partial charge in [0.15, 0.2) is 0 Å². The zero-order chi connectivity index (χ0) is 17.6. The van der Waals surface area contributed by atoms with Crippen molar-refractivity contribution >= 4 is 44.3 Å². The van der Waals surface area contributed by atoms with Gasteiger partial charge in [-0.2, -0.15) is 4.72 Å². The number of esters is 1. The first kappa shape index (κ1) is 19.8. The molecule has 0 spiro atoms. The number of carbonyl (C=O) groups excluding carboxylic acids is 1. The van der Waals surface area contributed by atoms with Crippen LogP contribution in [-0.4, -0.2) is 35.9 Å².